The molecule has 1 amide bonds. The van der Waals surface area contributed by atoms with E-state index >= 15 is 0 Å². The Kier molecular flexibility index (Phi) is 4.80. The maximum atomic E-state index is 12.8. The molecule has 4 rings (SSSR count). The lowest BCUT2D eigenvalue weighted by Crippen LogP contribution is -2.16. The molecule has 0 aliphatic carbocycles. The zero-order valence-corrected chi connectivity index (χ0v) is 15.3. The number of aliphatic carboxylic acids is 1. The van der Waals surface area contributed by atoms with E-state index in [0.29, 0.717) is 22.7 Å². The molecule has 0 saturated heterocycles. The fourth-order valence-electron chi connectivity index (χ4n) is 3.06. The fraction of sp³-hybridized carbons (Fsp3) is 0.100. The van der Waals surface area contributed by atoms with Crippen molar-refractivity contribution in [1.29, 1.82) is 0 Å². The summed E-state index contributed by atoms with van der Waals surface area (Å²) in [7, 11) is 0. The van der Waals surface area contributed by atoms with E-state index in [1.54, 1.807) is 27.4 Å². The van der Waals surface area contributed by atoms with Crippen molar-refractivity contribution in [3.05, 3.63) is 78.3 Å². The molecule has 0 saturated carbocycles. The van der Waals surface area contributed by atoms with Gasteiger partial charge in [0, 0.05) is 30.3 Å². The lowest BCUT2D eigenvalue weighted by molar-refractivity contribution is -0.136. The number of pyridine rings is 1. The topological polar surface area (TPSA) is 128 Å². The van der Waals surface area contributed by atoms with Gasteiger partial charge in [-0.1, -0.05) is 12.1 Å². The van der Waals surface area contributed by atoms with E-state index in [2.05, 4.69) is 15.3 Å². The van der Waals surface area contributed by atoms with Gasteiger partial charge >= 0.3 is 5.97 Å². The molecular formula is C20H18N6O3. The molecular weight excluding hydrogens is 372 g/mol. The molecule has 0 bridgehead atoms. The van der Waals surface area contributed by atoms with Crippen LogP contribution in [0.4, 0.5) is 5.69 Å². The van der Waals surface area contributed by atoms with Crippen LogP contribution in [-0.2, 0) is 17.8 Å². The SMILES string of the molecule is NCc1ccc(-n2cnc(CC(=O)O)c2)cc1NC(=O)c1cnc2ccccn12. The normalized spacial score (nSPS) is 10.9. The van der Waals surface area contributed by atoms with Crippen LogP contribution in [0.5, 0.6) is 0 Å². The van der Waals surface area contributed by atoms with Gasteiger partial charge in [0.15, 0.2) is 0 Å². The van der Waals surface area contributed by atoms with E-state index in [9.17, 15) is 9.59 Å². The molecule has 0 fully saturated rings. The number of hydrogen-bond acceptors (Lipinski definition) is 5. The van der Waals surface area contributed by atoms with Crippen LogP contribution < -0.4 is 11.1 Å². The first-order valence-electron chi connectivity index (χ1n) is 8.86. The van der Waals surface area contributed by atoms with E-state index in [4.69, 9.17) is 10.8 Å². The number of carbonyl (C=O) groups excluding carboxylic acids is 1. The molecule has 1 aromatic carbocycles. The van der Waals surface area contributed by atoms with Gasteiger partial charge in [-0.3, -0.25) is 14.0 Å². The largest absolute Gasteiger partial charge is 0.481 e. The van der Waals surface area contributed by atoms with E-state index in [-0.39, 0.29) is 18.9 Å². The zero-order chi connectivity index (χ0) is 20.4. The first-order valence-corrected chi connectivity index (χ1v) is 8.86. The Morgan fingerprint density at radius 2 is 2.03 bits per heavy atom. The number of carbonyl (C=O) groups is 2. The lowest BCUT2D eigenvalue weighted by atomic mass is 10.1. The molecule has 4 aromatic rings. The summed E-state index contributed by atoms with van der Waals surface area (Å²) in [6.45, 7) is 0.247. The second kappa shape index (κ2) is 7.56. The summed E-state index contributed by atoms with van der Waals surface area (Å²) < 4.78 is 3.40. The minimum atomic E-state index is -0.949. The van der Waals surface area contributed by atoms with Crippen molar-refractivity contribution in [1.82, 2.24) is 18.9 Å². The quantitative estimate of drug-likeness (QED) is 0.461. The van der Waals surface area contributed by atoms with Crippen LogP contribution in [0, 0.1) is 0 Å². The summed E-state index contributed by atoms with van der Waals surface area (Å²) in [5.74, 6) is -1.26. The van der Waals surface area contributed by atoms with Crippen molar-refractivity contribution in [3.63, 3.8) is 0 Å². The number of aromatic nitrogens is 4. The summed E-state index contributed by atoms with van der Waals surface area (Å²) in [5.41, 5.74) is 9.40. The predicted octanol–water partition coefficient (Wildman–Crippen LogP) is 1.86. The maximum absolute atomic E-state index is 12.8. The molecule has 9 heteroatoms. The van der Waals surface area contributed by atoms with Gasteiger partial charge in [-0.2, -0.15) is 0 Å². The molecule has 4 N–H and O–H groups in total. The lowest BCUT2D eigenvalue weighted by Gasteiger charge is -2.12. The minimum absolute atomic E-state index is 0.161. The number of nitrogens with one attached hydrogen (secondary N) is 1. The van der Waals surface area contributed by atoms with Gasteiger partial charge in [-0.25, -0.2) is 9.97 Å². The Bertz CT molecular complexity index is 1210. The number of carboxylic acid groups (broad SMARTS) is 1. The Hall–Kier alpha value is -3.98. The van der Waals surface area contributed by atoms with Gasteiger partial charge in [-0.15, -0.1) is 0 Å². The molecule has 3 aromatic heterocycles. The number of imidazole rings is 2. The van der Waals surface area contributed by atoms with Crippen molar-refractivity contribution >= 4 is 23.2 Å². The van der Waals surface area contributed by atoms with Crippen molar-refractivity contribution < 1.29 is 14.7 Å². The summed E-state index contributed by atoms with van der Waals surface area (Å²) >= 11 is 0. The number of carboxylic acids is 1. The minimum Gasteiger partial charge on any atom is -0.481 e. The van der Waals surface area contributed by atoms with E-state index in [0.717, 1.165) is 11.3 Å². The third kappa shape index (κ3) is 3.71. The molecule has 0 radical (unpaired) electrons. The van der Waals surface area contributed by atoms with Gasteiger partial charge in [0.25, 0.3) is 5.91 Å². The van der Waals surface area contributed by atoms with Crippen LogP contribution in [0.3, 0.4) is 0 Å². The number of nitrogens with two attached hydrogens (primary N) is 1. The van der Waals surface area contributed by atoms with Gasteiger partial charge in [-0.05, 0) is 29.8 Å². The van der Waals surface area contributed by atoms with Crippen molar-refractivity contribution in [2.24, 2.45) is 5.73 Å². The molecule has 0 spiro atoms. The molecule has 146 valence electrons. The third-order valence-electron chi connectivity index (χ3n) is 4.48. The highest BCUT2D eigenvalue weighted by Gasteiger charge is 2.14. The first-order chi connectivity index (χ1) is 14.0. The number of anilines is 1. The number of nitrogens with zero attached hydrogens (tertiary/aromatic N) is 4. The maximum Gasteiger partial charge on any atom is 0.309 e. The van der Waals surface area contributed by atoms with E-state index in [1.807, 2.05) is 30.3 Å². The predicted molar refractivity (Wildman–Crippen MR) is 106 cm³/mol. The summed E-state index contributed by atoms with van der Waals surface area (Å²) in [5, 5.41) is 11.8. The second-order valence-corrected chi connectivity index (χ2v) is 6.41. The molecule has 0 unspecified atom stereocenters. The third-order valence-corrected chi connectivity index (χ3v) is 4.48. The van der Waals surface area contributed by atoms with Gasteiger partial charge in [0.05, 0.1) is 24.6 Å². The van der Waals surface area contributed by atoms with Crippen LogP contribution in [0.15, 0.2) is 61.3 Å². The van der Waals surface area contributed by atoms with Crippen LogP contribution in [0.2, 0.25) is 0 Å². The van der Waals surface area contributed by atoms with E-state index < -0.39 is 5.97 Å². The van der Waals surface area contributed by atoms with Crippen LogP contribution >= 0.6 is 0 Å². The summed E-state index contributed by atoms with van der Waals surface area (Å²) in [6.07, 6.45) is 6.30. The Balaban J connectivity index is 1.64. The Labute approximate surface area is 165 Å². The van der Waals surface area contributed by atoms with Crippen molar-refractivity contribution in [3.8, 4) is 5.69 Å². The van der Waals surface area contributed by atoms with Gasteiger partial charge in [0.1, 0.15) is 11.3 Å². The number of benzene rings is 1. The average Bonchev–Trinajstić information content (AvgIpc) is 3.34. The molecule has 0 aliphatic rings. The molecule has 29 heavy (non-hydrogen) atoms. The van der Waals surface area contributed by atoms with Gasteiger partial charge < -0.3 is 20.7 Å². The molecule has 3 heterocycles. The van der Waals surface area contributed by atoms with Gasteiger partial charge in [0.2, 0.25) is 0 Å². The summed E-state index contributed by atoms with van der Waals surface area (Å²) in [6, 6.07) is 10.9. The fourth-order valence-corrected chi connectivity index (χ4v) is 3.06. The highest BCUT2D eigenvalue weighted by atomic mass is 16.4. The zero-order valence-electron chi connectivity index (χ0n) is 15.3. The first kappa shape index (κ1) is 18.4. The second-order valence-electron chi connectivity index (χ2n) is 6.41. The smallest absolute Gasteiger partial charge is 0.309 e. The van der Waals surface area contributed by atoms with Crippen molar-refractivity contribution in [2.45, 2.75) is 13.0 Å². The standard InChI is InChI=1S/C20H18N6O3/c21-9-13-4-5-15(25-11-14(23-12-25)7-19(27)28)8-16(13)24-20(29)17-10-22-18-3-1-2-6-26(17)18/h1-6,8,10-12H,7,9,21H2,(H,24,29)(H,27,28). The van der Waals surface area contributed by atoms with Crippen LogP contribution in [0.1, 0.15) is 21.7 Å². The van der Waals surface area contributed by atoms with Crippen molar-refractivity contribution in [2.75, 3.05) is 5.32 Å². The Morgan fingerprint density at radius 1 is 1.17 bits per heavy atom. The Morgan fingerprint density at radius 3 is 2.83 bits per heavy atom. The molecule has 0 aliphatic heterocycles. The number of fused-ring (bicyclic) bond motifs is 1. The highest BCUT2D eigenvalue weighted by molar-refractivity contribution is 6.04. The molecule has 0 atom stereocenters. The van der Waals surface area contributed by atoms with E-state index in [1.165, 1.54) is 12.5 Å². The average molecular weight is 390 g/mol. The summed E-state index contributed by atoms with van der Waals surface area (Å²) in [4.78, 5) is 32.0. The molecule has 9 nitrogen and oxygen atoms in total. The number of hydrogen-bond donors (Lipinski definition) is 3. The number of rotatable bonds is 6. The number of amides is 1. The van der Waals surface area contributed by atoms with Crippen LogP contribution in [0.25, 0.3) is 11.3 Å². The van der Waals surface area contributed by atoms with Crippen LogP contribution in [-0.4, -0.2) is 35.9 Å². The highest BCUT2D eigenvalue weighted by Crippen LogP contribution is 2.22. The monoisotopic (exact) mass is 390 g/mol.